The monoisotopic (exact) mass is 240 g/mol. The molecule has 0 aliphatic heterocycles. The molecule has 0 N–H and O–H groups in total. The van der Waals surface area contributed by atoms with Gasteiger partial charge in [-0.15, -0.1) is 0 Å². The molecule has 2 atom stereocenters. The fraction of sp³-hybridized carbons (Fsp3) is 1.00. The molecular formula is C17H36. The van der Waals surface area contributed by atoms with Gasteiger partial charge in [-0.3, -0.25) is 0 Å². The van der Waals surface area contributed by atoms with E-state index in [9.17, 15) is 0 Å². The first-order valence-corrected chi connectivity index (χ1v) is 7.48. The van der Waals surface area contributed by atoms with Gasteiger partial charge in [0.05, 0.1) is 0 Å². The fourth-order valence-corrected chi connectivity index (χ4v) is 2.82. The normalized spacial score (nSPS) is 18.9. The van der Waals surface area contributed by atoms with E-state index in [0.29, 0.717) is 16.2 Å². The molecule has 0 fully saturated rings. The summed E-state index contributed by atoms with van der Waals surface area (Å²) >= 11 is 0. The van der Waals surface area contributed by atoms with Crippen LogP contribution in [0.15, 0.2) is 0 Å². The second kappa shape index (κ2) is 5.76. The lowest BCUT2D eigenvalue weighted by Crippen LogP contribution is -2.33. The Balaban J connectivity index is 4.63. The quantitative estimate of drug-likeness (QED) is 0.529. The van der Waals surface area contributed by atoms with Crippen molar-refractivity contribution >= 4 is 0 Å². The summed E-state index contributed by atoms with van der Waals surface area (Å²) in [6.45, 7) is 21.5. The summed E-state index contributed by atoms with van der Waals surface area (Å²) in [5.74, 6) is 0.857. The second-order valence-electron chi connectivity index (χ2n) is 8.17. The third-order valence-electron chi connectivity index (χ3n) is 5.35. The van der Waals surface area contributed by atoms with Gasteiger partial charge in [0.2, 0.25) is 0 Å². The van der Waals surface area contributed by atoms with E-state index in [1.807, 2.05) is 0 Å². The molecule has 0 aromatic rings. The van der Waals surface area contributed by atoms with Gasteiger partial charge in [0.25, 0.3) is 0 Å². The Hall–Kier alpha value is 0. The summed E-state index contributed by atoms with van der Waals surface area (Å²) < 4.78 is 0. The molecule has 0 saturated carbocycles. The molecule has 2 unspecified atom stereocenters. The largest absolute Gasteiger partial charge is 0.0651 e. The van der Waals surface area contributed by atoms with Gasteiger partial charge in [-0.2, -0.15) is 0 Å². The van der Waals surface area contributed by atoms with E-state index in [0.717, 1.165) is 5.92 Å². The van der Waals surface area contributed by atoms with Crippen LogP contribution in [-0.4, -0.2) is 0 Å². The third-order valence-corrected chi connectivity index (χ3v) is 5.35. The molecule has 0 aliphatic carbocycles. The van der Waals surface area contributed by atoms with Crippen LogP contribution in [0.1, 0.15) is 88.0 Å². The van der Waals surface area contributed by atoms with E-state index < -0.39 is 0 Å². The van der Waals surface area contributed by atoms with Crippen LogP contribution in [0.4, 0.5) is 0 Å². The van der Waals surface area contributed by atoms with Crippen LogP contribution < -0.4 is 0 Å². The van der Waals surface area contributed by atoms with Crippen LogP contribution in [0.25, 0.3) is 0 Å². The Morgan fingerprint density at radius 3 is 1.53 bits per heavy atom. The minimum absolute atomic E-state index is 0.415. The van der Waals surface area contributed by atoms with Crippen LogP contribution in [0, 0.1) is 22.2 Å². The zero-order valence-corrected chi connectivity index (χ0v) is 13.9. The van der Waals surface area contributed by atoms with Crippen molar-refractivity contribution in [2.45, 2.75) is 88.0 Å². The third kappa shape index (κ3) is 4.64. The molecule has 0 heterocycles. The highest BCUT2D eigenvalue weighted by molar-refractivity contribution is 4.87. The molecule has 0 aromatic heterocycles. The molecule has 0 saturated heterocycles. The van der Waals surface area contributed by atoms with Gasteiger partial charge in [-0.25, -0.2) is 0 Å². The van der Waals surface area contributed by atoms with Gasteiger partial charge in [0.15, 0.2) is 0 Å². The molecular weight excluding hydrogens is 204 g/mol. The van der Waals surface area contributed by atoms with Crippen molar-refractivity contribution in [3.05, 3.63) is 0 Å². The lowest BCUT2D eigenvalue weighted by Gasteiger charge is -2.43. The first-order chi connectivity index (χ1) is 7.48. The van der Waals surface area contributed by atoms with Gasteiger partial charge in [0, 0.05) is 0 Å². The van der Waals surface area contributed by atoms with E-state index in [1.165, 1.54) is 25.7 Å². The Bertz CT molecular complexity index is 213. The van der Waals surface area contributed by atoms with E-state index in [2.05, 4.69) is 62.3 Å². The van der Waals surface area contributed by atoms with Gasteiger partial charge in [0.1, 0.15) is 0 Å². The van der Waals surface area contributed by atoms with Gasteiger partial charge in [-0.1, -0.05) is 75.2 Å². The molecule has 0 rings (SSSR count). The molecule has 0 aromatic carbocycles. The van der Waals surface area contributed by atoms with E-state index in [1.54, 1.807) is 0 Å². The molecule has 104 valence electrons. The van der Waals surface area contributed by atoms with Crippen molar-refractivity contribution < 1.29 is 0 Å². The first-order valence-electron chi connectivity index (χ1n) is 7.48. The van der Waals surface area contributed by atoms with Crippen molar-refractivity contribution in [2.24, 2.45) is 22.2 Å². The van der Waals surface area contributed by atoms with E-state index in [4.69, 9.17) is 0 Å². The lowest BCUT2D eigenvalue weighted by atomic mass is 9.62. The standard InChI is InChI=1S/C17H36/c1-10-14(15(3,4)5)12-13-17(9,11-2)16(6,7)8/h14H,10-13H2,1-9H3. The molecule has 0 bridgehead atoms. The summed E-state index contributed by atoms with van der Waals surface area (Å²) in [5, 5.41) is 0. The summed E-state index contributed by atoms with van der Waals surface area (Å²) in [7, 11) is 0. The molecule has 0 aliphatic rings. The predicted molar refractivity (Wildman–Crippen MR) is 80.3 cm³/mol. The minimum Gasteiger partial charge on any atom is -0.0651 e. The zero-order valence-electron chi connectivity index (χ0n) is 13.9. The average molecular weight is 240 g/mol. The number of hydrogen-bond donors (Lipinski definition) is 0. The molecule has 0 spiro atoms. The average Bonchev–Trinajstić information content (AvgIpc) is 2.14. The van der Waals surface area contributed by atoms with Crippen molar-refractivity contribution in [1.82, 2.24) is 0 Å². The molecule has 0 heteroatoms. The van der Waals surface area contributed by atoms with Crippen LogP contribution in [0.3, 0.4) is 0 Å². The maximum Gasteiger partial charge on any atom is -0.0280 e. The highest BCUT2D eigenvalue weighted by Crippen LogP contribution is 2.47. The van der Waals surface area contributed by atoms with Crippen LogP contribution >= 0.6 is 0 Å². The van der Waals surface area contributed by atoms with Crippen molar-refractivity contribution in [3.8, 4) is 0 Å². The first kappa shape index (κ1) is 17.0. The highest BCUT2D eigenvalue weighted by atomic mass is 14.4. The van der Waals surface area contributed by atoms with Crippen LogP contribution in [0.2, 0.25) is 0 Å². The number of rotatable bonds is 5. The van der Waals surface area contributed by atoms with E-state index in [-0.39, 0.29) is 0 Å². The molecule has 0 radical (unpaired) electrons. The number of hydrogen-bond acceptors (Lipinski definition) is 0. The lowest BCUT2D eigenvalue weighted by molar-refractivity contribution is 0.0695. The Labute approximate surface area is 111 Å². The second-order valence-corrected chi connectivity index (χ2v) is 8.17. The SMILES string of the molecule is CCC(CCC(C)(CC)C(C)(C)C)C(C)(C)C. The summed E-state index contributed by atoms with van der Waals surface area (Å²) in [4.78, 5) is 0. The van der Waals surface area contributed by atoms with Gasteiger partial charge >= 0.3 is 0 Å². The maximum atomic E-state index is 2.47. The predicted octanol–water partition coefficient (Wildman–Crippen LogP) is 6.30. The summed E-state index contributed by atoms with van der Waals surface area (Å²) in [6.07, 6.45) is 5.34. The molecule has 0 nitrogen and oxygen atoms in total. The van der Waals surface area contributed by atoms with E-state index >= 15 is 0 Å². The van der Waals surface area contributed by atoms with Crippen molar-refractivity contribution in [3.63, 3.8) is 0 Å². The summed E-state index contributed by atoms with van der Waals surface area (Å²) in [6, 6.07) is 0. The Morgan fingerprint density at radius 2 is 1.29 bits per heavy atom. The maximum absolute atomic E-state index is 2.47. The van der Waals surface area contributed by atoms with Gasteiger partial charge in [-0.05, 0) is 35.0 Å². The minimum atomic E-state index is 0.415. The van der Waals surface area contributed by atoms with Crippen LogP contribution in [0.5, 0.6) is 0 Å². The molecule has 17 heavy (non-hydrogen) atoms. The fourth-order valence-electron chi connectivity index (χ4n) is 2.82. The topological polar surface area (TPSA) is 0 Å². The highest BCUT2D eigenvalue weighted by Gasteiger charge is 2.36. The molecule has 0 amide bonds. The Morgan fingerprint density at radius 1 is 0.824 bits per heavy atom. The van der Waals surface area contributed by atoms with Crippen LogP contribution in [-0.2, 0) is 0 Å². The van der Waals surface area contributed by atoms with Crippen molar-refractivity contribution in [1.29, 1.82) is 0 Å². The zero-order chi connectivity index (χ0) is 13.9. The summed E-state index contributed by atoms with van der Waals surface area (Å²) in [5.41, 5.74) is 1.35. The van der Waals surface area contributed by atoms with Crippen molar-refractivity contribution in [2.75, 3.05) is 0 Å². The smallest absolute Gasteiger partial charge is 0.0280 e. The Kier molecular flexibility index (Phi) is 5.76. The van der Waals surface area contributed by atoms with Gasteiger partial charge < -0.3 is 0 Å².